The summed E-state index contributed by atoms with van der Waals surface area (Å²) in [6.45, 7) is 4.57. The molecule has 3 aromatic rings. The van der Waals surface area contributed by atoms with Crippen LogP contribution in [0.25, 0.3) is 10.9 Å². The fourth-order valence-corrected chi connectivity index (χ4v) is 5.13. The normalized spacial score (nSPS) is 17.6. The zero-order valence-corrected chi connectivity index (χ0v) is 13.8. The number of nitrogens with zero attached hydrogens (tertiary/aromatic N) is 1. The van der Waals surface area contributed by atoms with E-state index in [4.69, 9.17) is 0 Å². The molecule has 1 aromatic carbocycles. The van der Waals surface area contributed by atoms with Crippen LogP contribution >= 0.6 is 11.3 Å². The molecule has 1 nitrogen and oxygen atoms in total. The SMILES string of the molecule is Cc1sc2c(c1C)CCC2Cc1cc2ccccc2n1C. The van der Waals surface area contributed by atoms with E-state index in [-0.39, 0.29) is 0 Å². The predicted octanol–water partition coefficient (Wildman–Crippen LogP) is 5.13. The number of aryl methyl sites for hydroxylation is 2. The van der Waals surface area contributed by atoms with Crippen LogP contribution in [0.15, 0.2) is 30.3 Å². The summed E-state index contributed by atoms with van der Waals surface area (Å²) in [6, 6.07) is 11.1. The molecule has 1 aliphatic carbocycles. The van der Waals surface area contributed by atoms with E-state index in [1.807, 2.05) is 11.3 Å². The van der Waals surface area contributed by atoms with Crippen molar-refractivity contribution >= 4 is 22.2 Å². The quantitative estimate of drug-likeness (QED) is 0.617. The summed E-state index contributed by atoms with van der Waals surface area (Å²) in [7, 11) is 2.21. The van der Waals surface area contributed by atoms with Gasteiger partial charge in [0.05, 0.1) is 0 Å². The van der Waals surface area contributed by atoms with Gasteiger partial charge >= 0.3 is 0 Å². The largest absolute Gasteiger partial charge is 0.348 e. The average Bonchev–Trinajstić information content (AvgIpc) is 3.10. The number of aromatic nitrogens is 1. The van der Waals surface area contributed by atoms with Crippen molar-refractivity contribution in [3.05, 3.63) is 56.9 Å². The fourth-order valence-electron chi connectivity index (χ4n) is 3.78. The third kappa shape index (κ3) is 1.96. The van der Waals surface area contributed by atoms with Crippen LogP contribution in [-0.2, 0) is 19.9 Å². The zero-order chi connectivity index (χ0) is 14.6. The highest BCUT2D eigenvalue weighted by atomic mass is 32.1. The number of hydrogen-bond acceptors (Lipinski definition) is 1. The summed E-state index contributed by atoms with van der Waals surface area (Å²) in [4.78, 5) is 3.18. The van der Waals surface area contributed by atoms with Gasteiger partial charge in [0.2, 0.25) is 0 Å². The maximum absolute atomic E-state index is 2.38. The van der Waals surface area contributed by atoms with Gasteiger partial charge in [-0.3, -0.25) is 0 Å². The number of benzene rings is 1. The van der Waals surface area contributed by atoms with Crippen LogP contribution in [0.4, 0.5) is 0 Å². The van der Waals surface area contributed by atoms with E-state index in [1.165, 1.54) is 40.7 Å². The summed E-state index contributed by atoms with van der Waals surface area (Å²) in [5.74, 6) is 0.723. The number of rotatable bonds is 2. The van der Waals surface area contributed by atoms with Gasteiger partial charge in [0.15, 0.2) is 0 Å². The van der Waals surface area contributed by atoms with Gasteiger partial charge in [0, 0.05) is 28.0 Å². The van der Waals surface area contributed by atoms with Crippen LogP contribution in [0.2, 0.25) is 0 Å². The molecule has 0 bridgehead atoms. The van der Waals surface area contributed by atoms with Crippen LogP contribution in [0.1, 0.15) is 38.9 Å². The molecule has 4 rings (SSSR count). The number of para-hydroxylation sites is 1. The smallest absolute Gasteiger partial charge is 0.0479 e. The number of hydrogen-bond donors (Lipinski definition) is 0. The van der Waals surface area contributed by atoms with E-state index in [0.717, 1.165) is 5.92 Å². The minimum absolute atomic E-state index is 0.723. The Hall–Kier alpha value is -1.54. The van der Waals surface area contributed by atoms with E-state index in [2.05, 4.69) is 55.8 Å². The van der Waals surface area contributed by atoms with Crippen molar-refractivity contribution < 1.29 is 0 Å². The van der Waals surface area contributed by atoms with Gasteiger partial charge in [-0.05, 0) is 67.7 Å². The molecule has 1 atom stereocenters. The monoisotopic (exact) mass is 295 g/mol. The summed E-state index contributed by atoms with van der Waals surface area (Å²) in [5, 5.41) is 1.37. The third-order valence-electron chi connectivity index (χ3n) is 5.16. The molecule has 1 unspecified atom stereocenters. The molecule has 0 amide bonds. The molecule has 0 saturated carbocycles. The minimum Gasteiger partial charge on any atom is -0.348 e. The second kappa shape index (κ2) is 4.74. The van der Waals surface area contributed by atoms with Crippen molar-refractivity contribution in [1.82, 2.24) is 4.57 Å². The first-order chi connectivity index (χ1) is 10.1. The Morgan fingerprint density at radius 1 is 1.24 bits per heavy atom. The highest BCUT2D eigenvalue weighted by Gasteiger charge is 2.28. The number of fused-ring (bicyclic) bond motifs is 2. The molecule has 2 heteroatoms. The Labute approximate surface area is 130 Å². The maximum atomic E-state index is 2.38. The van der Waals surface area contributed by atoms with E-state index in [9.17, 15) is 0 Å². The highest BCUT2D eigenvalue weighted by molar-refractivity contribution is 7.12. The van der Waals surface area contributed by atoms with Crippen LogP contribution < -0.4 is 0 Å². The van der Waals surface area contributed by atoms with E-state index in [0.29, 0.717) is 0 Å². The Kier molecular flexibility index (Phi) is 2.97. The molecule has 0 fully saturated rings. The average molecular weight is 295 g/mol. The summed E-state index contributed by atoms with van der Waals surface area (Å²) in [5.41, 5.74) is 6.03. The minimum atomic E-state index is 0.723. The fraction of sp³-hybridized carbons (Fsp3) is 0.368. The first-order valence-electron chi connectivity index (χ1n) is 7.77. The maximum Gasteiger partial charge on any atom is 0.0479 e. The van der Waals surface area contributed by atoms with Crippen molar-refractivity contribution in [1.29, 1.82) is 0 Å². The first kappa shape index (κ1) is 13.1. The molecule has 0 radical (unpaired) electrons. The molecule has 1 aliphatic rings. The topological polar surface area (TPSA) is 4.93 Å². The predicted molar refractivity (Wildman–Crippen MR) is 91.5 cm³/mol. The van der Waals surface area contributed by atoms with Gasteiger partial charge in [-0.1, -0.05) is 18.2 Å². The van der Waals surface area contributed by atoms with E-state index >= 15 is 0 Å². The molecule has 108 valence electrons. The molecular weight excluding hydrogens is 274 g/mol. The number of thiophene rings is 1. The first-order valence-corrected chi connectivity index (χ1v) is 8.59. The molecule has 0 N–H and O–H groups in total. The van der Waals surface area contributed by atoms with Crippen LogP contribution in [0, 0.1) is 13.8 Å². The van der Waals surface area contributed by atoms with Gasteiger partial charge < -0.3 is 4.57 Å². The summed E-state index contributed by atoms with van der Waals surface area (Å²) < 4.78 is 2.38. The molecule has 0 spiro atoms. The summed E-state index contributed by atoms with van der Waals surface area (Å²) in [6.07, 6.45) is 3.78. The van der Waals surface area contributed by atoms with Gasteiger partial charge in [-0.25, -0.2) is 0 Å². The second-order valence-electron chi connectivity index (χ2n) is 6.32. The molecule has 2 aromatic heterocycles. The van der Waals surface area contributed by atoms with Gasteiger partial charge in [-0.2, -0.15) is 0 Å². The van der Waals surface area contributed by atoms with Gasteiger partial charge in [0.25, 0.3) is 0 Å². The third-order valence-corrected chi connectivity index (χ3v) is 6.57. The Morgan fingerprint density at radius 2 is 2.05 bits per heavy atom. The standard InChI is InChI=1S/C19H21NS/c1-12-13(2)21-19-15(8-9-17(12)19)11-16-10-14-6-4-5-7-18(14)20(16)3/h4-7,10,15H,8-9,11H2,1-3H3. The molecular formula is C19H21NS. The lowest BCUT2D eigenvalue weighted by Crippen LogP contribution is -2.02. The van der Waals surface area contributed by atoms with E-state index < -0.39 is 0 Å². The molecule has 2 heterocycles. The molecule has 0 aliphatic heterocycles. The Bertz CT molecular complexity index is 822. The zero-order valence-electron chi connectivity index (χ0n) is 12.9. The van der Waals surface area contributed by atoms with Crippen molar-refractivity contribution in [3.8, 4) is 0 Å². The highest BCUT2D eigenvalue weighted by Crippen LogP contribution is 2.43. The lowest BCUT2D eigenvalue weighted by molar-refractivity contribution is 0.653. The Morgan fingerprint density at radius 3 is 2.86 bits per heavy atom. The van der Waals surface area contributed by atoms with Crippen molar-refractivity contribution in [2.75, 3.05) is 0 Å². The van der Waals surface area contributed by atoms with Crippen LogP contribution in [0.3, 0.4) is 0 Å². The van der Waals surface area contributed by atoms with Crippen molar-refractivity contribution in [2.45, 2.75) is 39.0 Å². The van der Waals surface area contributed by atoms with Gasteiger partial charge in [0.1, 0.15) is 0 Å². The van der Waals surface area contributed by atoms with Crippen molar-refractivity contribution in [2.24, 2.45) is 7.05 Å². The molecule has 21 heavy (non-hydrogen) atoms. The Balaban J connectivity index is 1.71. The van der Waals surface area contributed by atoms with Crippen LogP contribution in [-0.4, -0.2) is 4.57 Å². The lowest BCUT2D eigenvalue weighted by atomic mass is 10.0. The van der Waals surface area contributed by atoms with Crippen molar-refractivity contribution in [3.63, 3.8) is 0 Å². The summed E-state index contributed by atoms with van der Waals surface area (Å²) >= 11 is 2.03. The van der Waals surface area contributed by atoms with Gasteiger partial charge in [-0.15, -0.1) is 11.3 Å². The van der Waals surface area contributed by atoms with Crippen LogP contribution in [0.5, 0.6) is 0 Å². The second-order valence-corrected chi connectivity index (χ2v) is 7.58. The van der Waals surface area contributed by atoms with E-state index in [1.54, 1.807) is 16.0 Å². The molecule has 0 saturated heterocycles. The lowest BCUT2D eigenvalue weighted by Gasteiger charge is -2.11.